The molecule has 7 heteroatoms. The number of nitrogens with one attached hydrogen (secondary N) is 1. The molecule has 0 saturated carbocycles. The molecule has 1 heterocycles. The van der Waals surface area contributed by atoms with Crippen molar-refractivity contribution in [2.24, 2.45) is 0 Å². The Bertz CT molecular complexity index is 875. The summed E-state index contributed by atoms with van der Waals surface area (Å²) < 4.78 is 27.6. The summed E-state index contributed by atoms with van der Waals surface area (Å²) in [6.45, 7) is 0.911. The minimum Gasteiger partial charge on any atom is -0.378 e. The highest BCUT2D eigenvalue weighted by Gasteiger charge is 2.22. The number of carbonyl (C=O) groups is 1. The molecule has 2 aromatic carbocycles. The Morgan fingerprint density at radius 1 is 1.04 bits per heavy atom. The van der Waals surface area contributed by atoms with Crippen LogP contribution in [0.2, 0.25) is 0 Å². The first-order valence-electron chi connectivity index (χ1n) is 8.53. The first-order chi connectivity index (χ1) is 12.4. The first kappa shape index (κ1) is 18.4. The average molecular weight is 373 g/mol. The maximum atomic E-state index is 12.5. The third kappa shape index (κ3) is 4.05. The fraction of sp³-hybridized carbons (Fsp3) is 0.316. The van der Waals surface area contributed by atoms with Crippen molar-refractivity contribution < 1.29 is 13.2 Å². The van der Waals surface area contributed by atoms with Crippen molar-refractivity contribution in [1.29, 1.82) is 0 Å². The Balaban J connectivity index is 1.67. The average Bonchev–Trinajstić information content (AvgIpc) is 3.06. The number of sulfonamides is 1. The Morgan fingerprint density at radius 3 is 2.23 bits per heavy atom. The van der Waals surface area contributed by atoms with Crippen LogP contribution in [-0.2, 0) is 21.4 Å². The van der Waals surface area contributed by atoms with Gasteiger partial charge < -0.3 is 9.80 Å². The summed E-state index contributed by atoms with van der Waals surface area (Å²) in [5, 5.41) is 0. The number of amides is 1. The normalized spacial score (nSPS) is 14.7. The number of nitrogens with zero attached hydrogens (tertiary/aromatic N) is 2. The standard InChI is InChI=1S/C19H23N3O3S/c1-21(2)16-7-5-15(6-8-16)14-20-26(24,25)18-11-9-17(10-12-18)22-13-3-4-19(22)23/h5-12,20H,3-4,13-14H2,1-2H3. The van der Waals surface area contributed by atoms with E-state index >= 15 is 0 Å². The molecule has 2 aromatic rings. The van der Waals surface area contributed by atoms with Crippen LogP contribution in [0.5, 0.6) is 0 Å². The topological polar surface area (TPSA) is 69.7 Å². The van der Waals surface area contributed by atoms with Gasteiger partial charge >= 0.3 is 0 Å². The molecular weight excluding hydrogens is 350 g/mol. The van der Waals surface area contributed by atoms with E-state index in [9.17, 15) is 13.2 Å². The molecule has 6 nitrogen and oxygen atoms in total. The molecule has 0 aliphatic carbocycles. The number of rotatable bonds is 6. The monoisotopic (exact) mass is 373 g/mol. The molecule has 1 amide bonds. The SMILES string of the molecule is CN(C)c1ccc(CNS(=O)(=O)c2ccc(N3CCCC3=O)cc2)cc1. The van der Waals surface area contributed by atoms with E-state index in [1.807, 2.05) is 43.3 Å². The highest BCUT2D eigenvalue weighted by atomic mass is 32.2. The largest absolute Gasteiger partial charge is 0.378 e. The van der Waals surface area contributed by atoms with E-state index in [2.05, 4.69) is 4.72 Å². The van der Waals surface area contributed by atoms with Crippen molar-refractivity contribution in [2.75, 3.05) is 30.4 Å². The second-order valence-corrected chi connectivity index (χ2v) is 8.30. The molecule has 0 spiro atoms. The molecule has 138 valence electrons. The first-order valence-corrected chi connectivity index (χ1v) is 10.0. The summed E-state index contributed by atoms with van der Waals surface area (Å²) in [6, 6.07) is 14.2. The highest BCUT2D eigenvalue weighted by molar-refractivity contribution is 7.89. The van der Waals surface area contributed by atoms with E-state index in [1.165, 1.54) is 0 Å². The zero-order valence-electron chi connectivity index (χ0n) is 15.0. The van der Waals surface area contributed by atoms with Crippen LogP contribution < -0.4 is 14.5 Å². The Labute approximate surface area is 154 Å². The van der Waals surface area contributed by atoms with Crippen molar-refractivity contribution in [3.8, 4) is 0 Å². The molecule has 1 saturated heterocycles. The number of carbonyl (C=O) groups excluding carboxylic acids is 1. The van der Waals surface area contributed by atoms with Gasteiger partial charge in [0.1, 0.15) is 0 Å². The summed E-state index contributed by atoms with van der Waals surface area (Å²) >= 11 is 0. The molecule has 0 unspecified atom stereocenters. The van der Waals surface area contributed by atoms with Crippen molar-refractivity contribution in [3.63, 3.8) is 0 Å². The highest BCUT2D eigenvalue weighted by Crippen LogP contribution is 2.23. The maximum absolute atomic E-state index is 12.5. The van der Waals surface area contributed by atoms with E-state index < -0.39 is 10.0 Å². The van der Waals surface area contributed by atoms with Crippen molar-refractivity contribution in [3.05, 3.63) is 54.1 Å². The van der Waals surface area contributed by atoms with Crippen LogP contribution in [0.25, 0.3) is 0 Å². The number of anilines is 2. The second kappa shape index (κ2) is 7.47. The quantitative estimate of drug-likeness (QED) is 0.844. The summed E-state index contributed by atoms with van der Waals surface area (Å²) in [6.07, 6.45) is 1.39. The third-order valence-corrected chi connectivity index (χ3v) is 5.87. The predicted octanol–water partition coefficient (Wildman–Crippen LogP) is 2.36. The smallest absolute Gasteiger partial charge is 0.240 e. The Kier molecular flexibility index (Phi) is 5.29. The number of hydrogen-bond donors (Lipinski definition) is 1. The molecule has 1 aliphatic rings. The summed E-state index contributed by atoms with van der Waals surface area (Å²) in [5.41, 5.74) is 2.69. The molecular formula is C19H23N3O3S. The second-order valence-electron chi connectivity index (χ2n) is 6.53. The lowest BCUT2D eigenvalue weighted by atomic mass is 10.2. The molecule has 3 rings (SSSR count). The van der Waals surface area contributed by atoms with Crippen LogP contribution in [-0.4, -0.2) is 35.0 Å². The Hall–Kier alpha value is -2.38. The molecule has 0 bridgehead atoms. The minimum absolute atomic E-state index is 0.0832. The maximum Gasteiger partial charge on any atom is 0.240 e. The molecule has 1 N–H and O–H groups in total. The van der Waals surface area contributed by atoms with Gasteiger partial charge in [-0.2, -0.15) is 0 Å². The number of hydrogen-bond acceptors (Lipinski definition) is 4. The molecule has 26 heavy (non-hydrogen) atoms. The third-order valence-electron chi connectivity index (χ3n) is 4.45. The molecule has 1 aliphatic heterocycles. The Morgan fingerprint density at radius 2 is 1.69 bits per heavy atom. The predicted molar refractivity (Wildman–Crippen MR) is 103 cm³/mol. The van der Waals surface area contributed by atoms with Crippen molar-refractivity contribution in [2.45, 2.75) is 24.3 Å². The number of benzene rings is 2. The van der Waals surface area contributed by atoms with Gasteiger partial charge in [-0.05, 0) is 48.4 Å². The van der Waals surface area contributed by atoms with Crippen LogP contribution in [0.3, 0.4) is 0 Å². The zero-order chi connectivity index (χ0) is 18.7. The molecule has 0 aromatic heterocycles. The molecule has 0 radical (unpaired) electrons. The molecule has 0 atom stereocenters. The van der Waals surface area contributed by atoms with Gasteiger partial charge in [-0.25, -0.2) is 13.1 Å². The zero-order valence-corrected chi connectivity index (χ0v) is 15.8. The van der Waals surface area contributed by atoms with Crippen molar-refractivity contribution >= 4 is 27.3 Å². The lowest BCUT2D eigenvalue weighted by molar-refractivity contribution is -0.117. The van der Waals surface area contributed by atoms with E-state index in [0.717, 1.165) is 23.4 Å². The fourth-order valence-corrected chi connectivity index (χ4v) is 3.92. The van der Waals surface area contributed by atoms with Crippen molar-refractivity contribution in [1.82, 2.24) is 4.72 Å². The van der Waals surface area contributed by atoms with Crippen LogP contribution in [0, 0.1) is 0 Å². The van der Waals surface area contributed by atoms with Gasteiger partial charge in [0, 0.05) is 45.0 Å². The van der Waals surface area contributed by atoms with Crippen LogP contribution in [0.15, 0.2) is 53.4 Å². The lowest BCUT2D eigenvalue weighted by Gasteiger charge is -2.16. The summed E-state index contributed by atoms with van der Waals surface area (Å²) in [7, 11) is 0.308. The summed E-state index contributed by atoms with van der Waals surface area (Å²) in [4.78, 5) is 15.6. The van der Waals surface area contributed by atoms with Gasteiger partial charge in [-0.3, -0.25) is 4.79 Å². The van der Waals surface area contributed by atoms with Gasteiger partial charge in [0.2, 0.25) is 15.9 Å². The van der Waals surface area contributed by atoms with Crippen LogP contribution in [0.4, 0.5) is 11.4 Å². The van der Waals surface area contributed by atoms with E-state index in [4.69, 9.17) is 0 Å². The van der Waals surface area contributed by atoms with Gasteiger partial charge in [-0.15, -0.1) is 0 Å². The summed E-state index contributed by atoms with van der Waals surface area (Å²) in [5.74, 6) is 0.0832. The van der Waals surface area contributed by atoms with E-state index in [0.29, 0.717) is 13.0 Å². The molecule has 1 fully saturated rings. The van der Waals surface area contributed by atoms with E-state index in [1.54, 1.807) is 29.2 Å². The lowest BCUT2D eigenvalue weighted by Crippen LogP contribution is -2.25. The van der Waals surface area contributed by atoms with Gasteiger partial charge in [0.15, 0.2) is 0 Å². The van der Waals surface area contributed by atoms with Gasteiger partial charge in [0.05, 0.1) is 4.90 Å². The minimum atomic E-state index is -3.60. The van der Waals surface area contributed by atoms with Gasteiger partial charge in [0.25, 0.3) is 0 Å². The van der Waals surface area contributed by atoms with E-state index in [-0.39, 0.29) is 17.3 Å². The van der Waals surface area contributed by atoms with Gasteiger partial charge in [-0.1, -0.05) is 12.1 Å². The van der Waals surface area contributed by atoms with Crippen LogP contribution in [0.1, 0.15) is 18.4 Å². The van der Waals surface area contributed by atoms with Crippen LogP contribution >= 0.6 is 0 Å². The fourth-order valence-electron chi connectivity index (χ4n) is 2.90.